The highest BCUT2D eigenvalue weighted by Gasteiger charge is 2.31. The second-order valence-corrected chi connectivity index (χ2v) is 5.98. The van der Waals surface area contributed by atoms with Gasteiger partial charge in [0.2, 0.25) is 0 Å². The molecule has 2 heterocycles. The van der Waals surface area contributed by atoms with Crippen LogP contribution in [0.2, 0.25) is 0 Å². The largest absolute Gasteiger partial charge is 0.416 e. The van der Waals surface area contributed by atoms with Crippen LogP contribution in [-0.4, -0.2) is 21.0 Å². The molecule has 0 spiro atoms. The molecule has 0 bridgehead atoms. The van der Waals surface area contributed by atoms with E-state index >= 15 is 0 Å². The van der Waals surface area contributed by atoms with Crippen LogP contribution in [0.3, 0.4) is 0 Å². The third-order valence-electron chi connectivity index (χ3n) is 4.11. The molecule has 28 heavy (non-hydrogen) atoms. The van der Waals surface area contributed by atoms with E-state index in [9.17, 15) is 27.2 Å². The van der Waals surface area contributed by atoms with E-state index in [0.29, 0.717) is 5.56 Å². The van der Waals surface area contributed by atoms with Crippen molar-refractivity contribution in [1.29, 1.82) is 0 Å². The molecule has 2 aromatic heterocycles. The molecule has 0 fully saturated rings. The third-order valence-corrected chi connectivity index (χ3v) is 4.11. The van der Waals surface area contributed by atoms with Gasteiger partial charge in [0.15, 0.2) is 5.78 Å². The summed E-state index contributed by atoms with van der Waals surface area (Å²) in [5.74, 6) is -2.13. The van der Waals surface area contributed by atoms with Crippen molar-refractivity contribution in [3.63, 3.8) is 0 Å². The lowest BCUT2D eigenvalue weighted by Crippen LogP contribution is -2.16. The van der Waals surface area contributed by atoms with Crippen molar-refractivity contribution in [3.8, 4) is 0 Å². The third kappa shape index (κ3) is 4.30. The maximum atomic E-state index is 14.3. The molecule has 9 heteroatoms. The number of H-pyrrole nitrogens is 1. The van der Waals surface area contributed by atoms with Gasteiger partial charge in [-0.3, -0.25) is 14.6 Å². The number of carbonyl (C=O) groups excluding carboxylic acids is 1. The van der Waals surface area contributed by atoms with E-state index in [4.69, 9.17) is 0 Å². The summed E-state index contributed by atoms with van der Waals surface area (Å²) in [4.78, 5) is 27.6. The summed E-state index contributed by atoms with van der Waals surface area (Å²) in [6, 6.07) is 8.98. The van der Waals surface area contributed by atoms with Gasteiger partial charge in [0.25, 0.3) is 5.56 Å². The van der Waals surface area contributed by atoms with Gasteiger partial charge in [-0.25, -0.2) is 9.49 Å². The highest BCUT2D eigenvalue weighted by molar-refractivity contribution is 5.94. The molecule has 5 nitrogen and oxygen atoms in total. The lowest BCUT2D eigenvalue weighted by Gasteiger charge is -2.17. The predicted molar refractivity (Wildman–Crippen MR) is 91.3 cm³/mol. The number of benzene rings is 1. The number of aromatic nitrogens is 3. The Hall–Kier alpha value is -3.36. The summed E-state index contributed by atoms with van der Waals surface area (Å²) in [6.45, 7) is 0. The van der Waals surface area contributed by atoms with Crippen molar-refractivity contribution in [2.75, 3.05) is 0 Å². The summed E-state index contributed by atoms with van der Waals surface area (Å²) in [5.41, 5.74) is -1.17. The summed E-state index contributed by atoms with van der Waals surface area (Å²) < 4.78 is 52.7. The zero-order valence-electron chi connectivity index (χ0n) is 14.2. The number of hydrogen-bond acceptors (Lipinski definition) is 4. The van der Waals surface area contributed by atoms with E-state index in [-0.39, 0.29) is 17.8 Å². The molecule has 0 radical (unpaired) electrons. The van der Waals surface area contributed by atoms with Gasteiger partial charge in [0.1, 0.15) is 11.5 Å². The first kappa shape index (κ1) is 19.4. The average molecular weight is 391 g/mol. The van der Waals surface area contributed by atoms with Crippen LogP contribution in [0.5, 0.6) is 0 Å². The number of halogens is 4. The number of pyridine rings is 1. The molecule has 1 atom stereocenters. The standard InChI is InChI=1S/C19H13F4N3O2/c20-14-2-1-9-24-18(14)13(10-16(27)15-7-8-17(28)26-25-15)11-3-5-12(6-4-11)19(21,22)23/h1-9,13H,10H2,(H,26,28)/t13-/m0/s1. The SMILES string of the molecule is O=C(C[C@@H](c1ccc(C(F)(F)F)cc1)c1ncccc1F)c1ccc(=O)[nH]n1. The van der Waals surface area contributed by atoms with Gasteiger partial charge in [0, 0.05) is 24.6 Å². The fourth-order valence-electron chi connectivity index (χ4n) is 2.72. The molecule has 1 N–H and O–H groups in total. The van der Waals surface area contributed by atoms with Gasteiger partial charge in [-0.1, -0.05) is 12.1 Å². The molecular formula is C19H13F4N3O2. The van der Waals surface area contributed by atoms with Crippen LogP contribution >= 0.6 is 0 Å². The highest BCUT2D eigenvalue weighted by Crippen LogP contribution is 2.33. The molecule has 0 saturated carbocycles. The van der Waals surface area contributed by atoms with E-state index in [0.717, 1.165) is 24.3 Å². The van der Waals surface area contributed by atoms with Crippen LogP contribution in [0.1, 0.15) is 39.6 Å². The number of hydrogen-bond donors (Lipinski definition) is 1. The number of alkyl halides is 3. The lowest BCUT2D eigenvalue weighted by molar-refractivity contribution is -0.137. The number of Topliss-reactive ketones (excluding diaryl/α,β-unsaturated/α-hetero) is 1. The Morgan fingerprint density at radius 1 is 1.07 bits per heavy atom. The quantitative estimate of drug-likeness (QED) is 0.531. The second-order valence-electron chi connectivity index (χ2n) is 5.98. The average Bonchev–Trinajstić information content (AvgIpc) is 2.66. The van der Waals surface area contributed by atoms with E-state index in [1.807, 2.05) is 0 Å². The zero-order valence-corrected chi connectivity index (χ0v) is 14.2. The second kappa shape index (κ2) is 7.71. The molecule has 3 rings (SSSR count). The van der Waals surface area contributed by atoms with E-state index in [1.165, 1.54) is 30.5 Å². The van der Waals surface area contributed by atoms with Crippen molar-refractivity contribution in [3.05, 3.63) is 93.4 Å². The number of rotatable bonds is 5. The molecule has 1 aromatic carbocycles. The van der Waals surface area contributed by atoms with Gasteiger partial charge >= 0.3 is 6.18 Å². The van der Waals surface area contributed by atoms with Gasteiger partial charge in [-0.2, -0.15) is 18.3 Å². The molecule has 0 amide bonds. The van der Waals surface area contributed by atoms with Crippen LogP contribution < -0.4 is 5.56 Å². The normalized spacial score (nSPS) is 12.6. The van der Waals surface area contributed by atoms with Crippen LogP contribution in [0.15, 0.2) is 59.5 Å². The molecule has 144 valence electrons. The first-order valence-electron chi connectivity index (χ1n) is 8.12. The Bertz CT molecular complexity index is 1030. The zero-order chi connectivity index (χ0) is 20.3. The summed E-state index contributed by atoms with van der Waals surface area (Å²) in [5, 5.41) is 5.77. The Morgan fingerprint density at radius 3 is 2.36 bits per heavy atom. The molecule has 0 aliphatic rings. The molecule has 0 saturated heterocycles. The lowest BCUT2D eigenvalue weighted by atomic mass is 9.88. The molecule has 0 unspecified atom stereocenters. The molecular weight excluding hydrogens is 378 g/mol. The van der Waals surface area contributed by atoms with Gasteiger partial charge in [-0.15, -0.1) is 0 Å². The maximum Gasteiger partial charge on any atom is 0.416 e. The molecule has 3 aromatic rings. The van der Waals surface area contributed by atoms with Crippen LogP contribution in [0, 0.1) is 5.82 Å². The summed E-state index contributed by atoms with van der Waals surface area (Å²) in [6.07, 6.45) is -3.48. The van der Waals surface area contributed by atoms with E-state index in [1.54, 1.807) is 0 Å². The smallest absolute Gasteiger partial charge is 0.292 e. The van der Waals surface area contributed by atoms with Gasteiger partial charge in [0.05, 0.1) is 11.3 Å². The number of aromatic amines is 1. The molecule has 0 aliphatic carbocycles. The maximum absolute atomic E-state index is 14.3. The minimum absolute atomic E-state index is 0.0483. The summed E-state index contributed by atoms with van der Waals surface area (Å²) >= 11 is 0. The summed E-state index contributed by atoms with van der Waals surface area (Å²) in [7, 11) is 0. The highest BCUT2D eigenvalue weighted by atomic mass is 19.4. The van der Waals surface area contributed by atoms with Crippen LogP contribution in [0.4, 0.5) is 17.6 Å². The fourth-order valence-corrected chi connectivity index (χ4v) is 2.72. The van der Waals surface area contributed by atoms with Crippen molar-refractivity contribution in [2.24, 2.45) is 0 Å². The van der Waals surface area contributed by atoms with Crippen molar-refractivity contribution in [2.45, 2.75) is 18.5 Å². The van der Waals surface area contributed by atoms with Crippen molar-refractivity contribution < 1.29 is 22.4 Å². The van der Waals surface area contributed by atoms with E-state index in [2.05, 4.69) is 15.2 Å². The van der Waals surface area contributed by atoms with Crippen LogP contribution in [-0.2, 0) is 6.18 Å². The Morgan fingerprint density at radius 2 is 1.79 bits per heavy atom. The number of carbonyl (C=O) groups is 1. The first-order chi connectivity index (χ1) is 13.3. The number of nitrogens with zero attached hydrogens (tertiary/aromatic N) is 2. The van der Waals surface area contributed by atoms with Gasteiger partial charge in [-0.05, 0) is 35.9 Å². The minimum atomic E-state index is -4.51. The minimum Gasteiger partial charge on any atom is -0.292 e. The Balaban J connectivity index is 1.98. The topological polar surface area (TPSA) is 75.7 Å². The monoisotopic (exact) mass is 391 g/mol. The molecule has 0 aliphatic heterocycles. The Kier molecular flexibility index (Phi) is 5.34. The van der Waals surface area contributed by atoms with E-state index < -0.39 is 34.8 Å². The number of ketones is 1. The Labute approximate surface area is 156 Å². The first-order valence-corrected chi connectivity index (χ1v) is 8.12. The van der Waals surface area contributed by atoms with Crippen LogP contribution in [0.25, 0.3) is 0 Å². The van der Waals surface area contributed by atoms with Crippen molar-refractivity contribution in [1.82, 2.24) is 15.2 Å². The van der Waals surface area contributed by atoms with Crippen molar-refractivity contribution >= 4 is 5.78 Å². The van der Waals surface area contributed by atoms with Gasteiger partial charge < -0.3 is 0 Å². The predicted octanol–water partition coefficient (Wildman–Crippen LogP) is 3.73. The fraction of sp³-hybridized carbons (Fsp3) is 0.158. The number of nitrogens with one attached hydrogen (secondary N) is 1.